The van der Waals surface area contributed by atoms with Crippen LogP contribution in [0.4, 0.5) is 0 Å². The van der Waals surface area contributed by atoms with Crippen LogP contribution in [0, 0.1) is 5.41 Å². The molecule has 0 radical (unpaired) electrons. The molecule has 0 bridgehead atoms. The second kappa shape index (κ2) is 15.3. The molecule has 4 aromatic rings. The largest absolute Gasteiger partial charge is 1.00 e. The first-order chi connectivity index (χ1) is 24.7. The van der Waals surface area contributed by atoms with Crippen LogP contribution < -0.4 is 24.8 Å². The van der Waals surface area contributed by atoms with Crippen LogP contribution in [0.1, 0.15) is 130 Å². The van der Waals surface area contributed by atoms with Crippen molar-refractivity contribution in [2.45, 2.75) is 109 Å². The van der Waals surface area contributed by atoms with Crippen LogP contribution in [0.25, 0.3) is 22.3 Å². The van der Waals surface area contributed by atoms with Gasteiger partial charge in [-0.2, -0.15) is 0 Å². The van der Waals surface area contributed by atoms with E-state index in [-0.39, 0.29) is 41.1 Å². The zero-order valence-corrected chi connectivity index (χ0v) is 37.7. The van der Waals surface area contributed by atoms with E-state index in [9.17, 15) is 0 Å². The Hall–Kier alpha value is -2.83. The molecule has 4 aliphatic rings. The first-order valence-electron chi connectivity index (χ1n) is 19.6. The monoisotopic (exact) mass is 828 g/mol. The summed E-state index contributed by atoms with van der Waals surface area (Å²) in [5.74, 6) is 0. The second-order valence-electron chi connectivity index (χ2n) is 18.5. The summed E-state index contributed by atoms with van der Waals surface area (Å²) in [5.41, 5.74) is 19.9. The summed E-state index contributed by atoms with van der Waals surface area (Å²) in [7, 11) is 0. The smallest absolute Gasteiger partial charge is 1.00 e. The van der Waals surface area contributed by atoms with E-state index >= 15 is 0 Å². The average molecular weight is 831 g/mol. The number of hydrogen-bond acceptors (Lipinski definition) is 0. The van der Waals surface area contributed by atoms with Gasteiger partial charge in [0.2, 0.25) is 0 Å². The van der Waals surface area contributed by atoms with Crippen LogP contribution in [0.5, 0.6) is 0 Å². The molecule has 0 N–H and O–H groups in total. The predicted molar refractivity (Wildman–Crippen MR) is 222 cm³/mol. The zero-order valence-electron chi connectivity index (χ0n) is 33.8. The molecule has 0 fully saturated rings. The molecule has 4 aliphatic carbocycles. The normalized spacial score (nSPS) is 17.5. The molecule has 0 saturated heterocycles. The minimum absolute atomic E-state index is 0. The molecule has 0 spiro atoms. The minimum atomic E-state index is -2.76. The van der Waals surface area contributed by atoms with Crippen LogP contribution in [0.15, 0.2) is 118 Å². The van der Waals surface area contributed by atoms with Crippen LogP contribution in [-0.4, -0.2) is 3.21 Å². The number of allylic oxidation sites excluding steroid dienone is 8. The summed E-state index contributed by atoms with van der Waals surface area (Å²) in [4.78, 5) is 0. The molecule has 3 heteroatoms. The summed E-state index contributed by atoms with van der Waals surface area (Å²) < 4.78 is 4.03. The molecule has 0 heterocycles. The van der Waals surface area contributed by atoms with Gasteiger partial charge in [0.1, 0.15) is 0 Å². The van der Waals surface area contributed by atoms with E-state index < -0.39 is 21.3 Å². The molecule has 4 aromatic carbocycles. The first-order valence-corrected chi connectivity index (χ1v) is 23.5. The Balaban J connectivity index is 0.00000249. The van der Waals surface area contributed by atoms with Crippen molar-refractivity contribution in [2.24, 2.45) is 5.41 Å². The number of rotatable bonds is 6. The standard InChI is InChI=1S/C27H29.C15H14.C9H13.2ClH.Zr/c1-16-7-9-26(3,4)24-12-18-11-19-13-25-21(17(2)8-10-27(25,5)6)15-23(19)22(18)14-20(16)24;1-3-8-14(9-4-1)12-7-13-15-10-5-2-6-11-15;1-9(2,3)8-6-4-5-7-8;;;/h7-8,11-15H,9-10H2,1-6H3;1-6,8-11H,12-13H2;6-7H,4H2,1-3H3;2*1H;/q;;;;;+2/p-2. The van der Waals surface area contributed by atoms with Crippen molar-refractivity contribution < 1.29 is 46.1 Å². The van der Waals surface area contributed by atoms with Crippen molar-refractivity contribution in [1.82, 2.24) is 0 Å². The maximum atomic E-state index is 2.73. The van der Waals surface area contributed by atoms with Gasteiger partial charge < -0.3 is 24.8 Å². The molecular formula is C51H56Cl2Zr. The fourth-order valence-corrected chi connectivity index (χ4v) is 18.7. The van der Waals surface area contributed by atoms with Gasteiger partial charge in [0, 0.05) is 0 Å². The molecular weight excluding hydrogens is 775 g/mol. The summed E-state index contributed by atoms with van der Waals surface area (Å²) in [6.07, 6.45) is 15.7. The van der Waals surface area contributed by atoms with Crippen molar-refractivity contribution in [3.8, 4) is 11.1 Å². The molecule has 0 nitrogen and oxygen atoms in total. The van der Waals surface area contributed by atoms with Crippen LogP contribution in [0.2, 0.25) is 0 Å². The molecule has 0 amide bonds. The molecule has 0 aromatic heterocycles. The van der Waals surface area contributed by atoms with Crippen molar-refractivity contribution in [3.05, 3.63) is 163 Å². The Kier molecular flexibility index (Phi) is 11.5. The van der Waals surface area contributed by atoms with E-state index in [1.54, 1.807) is 25.5 Å². The summed E-state index contributed by atoms with van der Waals surface area (Å²) >= 11 is -2.76. The van der Waals surface area contributed by atoms with Gasteiger partial charge in [-0.3, -0.25) is 0 Å². The topological polar surface area (TPSA) is 0 Å². The fraction of sp³-hybridized carbons (Fsp3) is 0.353. The molecule has 0 unspecified atom stereocenters. The van der Waals surface area contributed by atoms with Gasteiger partial charge in [-0.05, 0) is 0 Å². The SMILES string of the molecule is CC1=CCC(C)(C)c2cc3c(cc21)-c1cc2c(cc1[CH]3[Zr+2]([C]1=CC(C(C)(C)C)=CC1)=[C](Cc1ccccc1)Cc1ccccc1)C(C)(C)CC=C2C.[Cl-].[Cl-]. The van der Waals surface area contributed by atoms with E-state index in [4.69, 9.17) is 0 Å². The van der Waals surface area contributed by atoms with E-state index in [2.05, 4.69) is 172 Å². The van der Waals surface area contributed by atoms with Crippen LogP contribution in [0.3, 0.4) is 0 Å². The third kappa shape index (κ3) is 7.40. The zero-order chi connectivity index (χ0) is 36.6. The third-order valence-electron chi connectivity index (χ3n) is 12.7. The Bertz CT molecular complexity index is 2120. The summed E-state index contributed by atoms with van der Waals surface area (Å²) in [6, 6.07) is 33.5. The van der Waals surface area contributed by atoms with Crippen molar-refractivity contribution in [2.75, 3.05) is 0 Å². The maximum Gasteiger partial charge on any atom is -1.00 e. The molecule has 54 heavy (non-hydrogen) atoms. The second-order valence-corrected chi connectivity index (χ2v) is 25.2. The molecule has 0 saturated carbocycles. The minimum Gasteiger partial charge on any atom is -1.00 e. The third-order valence-corrected chi connectivity index (χ3v) is 21.0. The Morgan fingerprint density at radius 1 is 0.630 bits per heavy atom. The van der Waals surface area contributed by atoms with Gasteiger partial charge in [0.25, 0.3) is 0 Å². The van der Waals surface area contributed by atoms with Crippen molar-refractivity contribution in [1.29, 1.82) is 0 Å². The van der Waals surface area contributed by atoms with E-state index in [0.717, 1.165) is 32.1 Å². The molecule has 0 aliphatic heterocycles. The van der Waals surface area contributed by atoms with E-state index in [1.165, 1.54) is 50.1 Å². The fourth-order valence-electron chi connectivity index (χ4n) is 9.47. The predicted octanol–water partition coefficient (Wildman–Crippen LogP) is 7.47. The molecule has 8 rings (SSSR count). The van der Waals surface area contributed by atoms with Crippen molar-refractivity contribution in [3.63, 3.8) is 0 Å². The van der Waals surface area contributed by atoms with E-state index in [0.29, 0.717) is 3.63 Å². The number of hydrogen-bond donors (Lipinski definition) is 0. The van der Waals surface area contributed by atoms with Gasteiger partial charge in [-0.25, -0.2) is 0 Å². The van der Waals surface area contributed by atoms with Gasteiger partial charge >= 0.3 is 324 Å². The number of halogens is 2. The molecule has 0 atom stereocenters. The Labute approximate surface area is 345 Å². The summed E-state index contributed by atoms with van der Waals surface area (Å²) in [6.45, 7) is 21.7. The van der Waals surface area contributed by atoms with Gasteiger partial charge in [-0.1, -0.05) is 0 Å². The number of benzene rings is 4. The summed E-state index contributed by atoms with van der Waals surface area (Å²) in [5, 5.41) is 0. The number of fused-ring (bicyclic) bond motifs is 5. The van der Waals surface area contributed by atoms with Crippen molar-refractivity contribution >= 4 is 14.4 Å². The van der Waals surface area contributed by atoms with Gasteiger partial charge in [-0.15, -0.1) is 0 Å². The van der Waals surface area contributed by atoms with Crippen LogP contribution >= 0.6 is 0 Å². The first kappa shape index (κ1) is 40.8. The Morgan fingerprint density at radius 2 is 1.07 bits per heavy atom. The quantitative estimate of drug-likeness (QED) is 0.189. The molecule has 278 valence electrons. The van der Waals surface area contributed by atoms with Gasteiger partial charge in [0.05, 0.1) is 0 Å². The Morgan fingerprint density at radius 3 is 1.48 bits per heavy atom. The van der Waals surface area contributed by atoms with E-state index in [1.807, 2.05) is 3.21 Å². The van der Waals surface area contributed by atoms with Gasteiger partial charge in [0.15, 0.2) is 0 Å². The average Bonchev–Trinajstić information content (AvgIpc) is 3.72. The maximum absolute atomic E-state index is 2.76. The van der Waals surface area contributed by atoms with Crippen LogP contribution in [-0.2, 0) is 44.9 Å².